The molecule has 1 aromatic heterocycles. The predicted molar refractivity (Wildman–Crippen MR) is 61.3 cm³/mol. The number of amides is 1. The Kier molecular flexibility index (Phi) is 4.85. The number of rotatable bonds is 5. The molecule has 8 heteroatoms. The lowest BCUT2D eigenvalue weighted by atomic mass is 10.3. The van der Waals surface area contributed by atoms with Crippen LogP contribution in [0.1, 0.15) is 5.69 Å². The number of thiazole rings is 1. The molecule has 1 aromatic rings. The third-order valence-electron chi connectivity index (χ3n) is 1.88. The third kappa shape index (κ3) is 4.37. The topological polar surface area (TPSA) is 115 Å². The number of carbonyl (C=O) groups is 2. The zero-order valence-electron chi connectivity index (χ0n) is 9.17. The Morgan fingerprint density at radius 1 is 1.71 bits per heavy atom. The Bertz CT molecular complexity index is 407. The number of nitrogens with zero attached hydrogens (tertiary/aromatic N) is 1. The first-order valence-electron chi connectivity index (χ1n) is 4.75. The minimum absolute atomic E-state index is 0.0571. The smallest absolute Gasteiger partial charge is 0.336 e. The first kappa shape index (κ1) is 13.4. The fourth-order valence-corrected chi connectivity index (χ4v) is 1.62. The molecule has 0 saturated heterocycles. The molecule has 1 amide bonds. The van der Waals surface area contributed by atoms with E-state index in [2.05, 4.69) is 15.0 Å². The van der Waals surface area contributed by atoms with Crippen LogP contribution in [0.3, 0.4) is 0 Å². The van der Waals surface area contributed by atoms with Gasteiger partial charge in [0.05, 0.1) is 25.8 Å². The normalized spacial score (nSPS) is 11.9. The van der Waals surface area contributed by atoms with E-state index < -0.39 is 12.1 Å². The number of ether oxygens (including phenoxy) is 1. The molecule has 0 aliphatic heterocycles. The van der Waals surface area contributed by atoms with Crippen LogP contribution in [0.25, 0.3) is 0 Å². The predicted octanol–water partition coefficient (Wildman–Crippen LogP) is -1.08. The van der Waals surface area contributed by atoms with Crippen molar-refractivity contribution < 1.29 is 19.4 Å². The molecular weight excluding hydrogens is 246 g/mol. The van der Waals surface area contributed by atoms with Gasteiger partial charge in [-0.05, 0) is 0 Å². The second kappa shape index (κ2) is 6.16. The van der Waals surface area contributed by atoms with Gasteiger partial charge >= 0.3 is 5.97 Å². The lowest BCUT2D eigenvalue weighted by Crippen LogP contribution is -2.37. The number of hydrogen-bond acceptors (Lipinski definition) is 7. The molecule has 0 bridgehead atoms. The molecule has 0 radical (unpaired) electrons. The van der Waals surface area contributed by atoms with E-state index in [9.17, 15) is 14.7 Å². The Balaban J connectivity index is 2.33. The average Bonchev–Trinajstić information content (AvgIpc) is 2.70. The second-order valence-corrected chi connectivity index (χ2v) is 4.09. The second-order valence-electron chi connectivity index (χ2n) is 3.20. The molecule has 0 fully saturated rings. The van der Waals surface area contributed by atoms with Gasteiger partial charge in [-0.2, -0.15) is 0 Å². The van der Waals surface area contributed by atoms with Gasteiger partial charge in [0, 0.05) is 5.38 Å². The number of methoxy groups -OCH3 is 1. The first-order chi connectivity index (χ1) is 8.02. The molecular formula is C9H13N3O4S. The molecule has 1 rings (SSSR count). The van der Waals surface area contributed by atoms with Gasteiger partial charge < -0.3 is 20.9 Å². The van der Waals surface area contributed by atoms with Crippen LogP contribution in [-0.2, 0) is 20.7 Å². The Morgan fingerprint density at radius 2 is 2.41 bits per heavy atom. The van der Waals surface area contributed by atoms with Crippen LogP contribution in [0.5, 0.6) is 0 Å². The van der Waals surface area contributed by atoms with Crippen molar-refractivity contribution in [3.05, 3.63) is 11.1 Å². The van der Waals surface area contributed by atoms with Crippen LogP contribution < -0.4 is 11.1 Å². The number of nitrogens with two attached hydrogens (primary N) is 1. The van der Waals surface area contributed by atoms with Crippen LogP contribution >= 0.6 is 11.3 Å². The van der Waals surface area contributed by atoms with Gasteiger partial charge in [-0.1, -0.05) is 0 Å². The van der Waals surface area contributed by atoms with Crippen molar-refractivity contribution in [3.63, 3.8) is 0 Å². The Labute approximate surface area is 102 Å². The Morgan fingerprint density at radius 3 is 2.94 bits per heavy atom. The van der Waals surface area contributed by atoms with Crippen LogP contribution in [0, 0.1) is 0 Å². The zero-order valence-corrected chi connectivity index (χ0v) is 9.99. The summed E-state index contributed by atoms with van der Waals surface area (Å²) in [4.78, 5) is 26.1. The number of anilines is 1. The number of aliphatic hydroxyl groups is 1. The number of esters is 1. The molecule has 0 saturated carbocycles. The summed E-state index contributed by atoms with van der Waals surface area (Å²) < 4.78 is 4.30. The summed E-state index contributed by atoms with van der Waals surface area (Å²) in [6, 6.07) is 0. The number of nitrogen functional groups attached to an aromatic ring is 1. The summed E-state index contributed by atoms with van der Waals surface area (Å²) in [7, 11) is 1.16. The number of nitrogens with one attached hydrogen (secondary N) is 1. The first-order valence-corrected chi connectivity index (χ1v) is 5.63. The van der Waals surface area contributed by atoms with Crippen LogP contribution in [-0.4, -0.2) is 41.7 Å². The van der Waals surface area contributed by atoms with Crippen molar-refractivity contribution in [2.45, 2.75) is 12.5 Å². The number of aromatic nitrogens is 1. The summed E-state index contributed by atoms with van der Waals surface area (Å²) in [5, 5.41) is 13.7. The minimum atomic E-state index is -1.36. The fourth-order valence-electron chi connectivity index (χ4n) is 1.06. The van der Waals surface area contributed by atoms with E-state index in [1.807, 2.05) is 0 Å². The van der Waals surface area contributed by atoms with E-state index in [1.165, 1.54) is 11.3 Å². The summed E-state index contributed by atoms with van der Waals surface area (Å²) in [6.45, 7) is -0.189. The molecule has 0 aliphatic carbocycles. The Hall–Kier alpha value is -1.67. The highest BCUT2D eigenvalue weighted by atomic mass is 32.1. The molecule has 1 heterocycles. The van der Waals surface area contributed by atoms with Gasteiger partial charge in [0.25, 0.3) is 0 Å². The van der Waals surface area contributed by atoms with E-state index in [4.69, 9.17) is 5.73 Å². The lowest BCUT2D eigenvalue weighted by molar-refractivity contribution is -0.150. The number of carbonyl (C=O) groups excluding carboxylic acids is 2. The van der Waals surface area contributed by atoms with Gasteiger partial charge in [0.2, 0.25) is 5.91 Å². The van der Waals surface area contributed by atoms with Crippen LogP contribution in [0.2, 0.25) is 0 Å². The quantitative estimate of drug-likeness (QED) is 0.579. The monoisotopic (exact) mass is 259 g/mol. The summed E-state index contributed by atoms with van der Waals surface area (Å²) in [5.74, 6) is -1.14. The molecule has 94 valence electrons. The maximum absolute atomic E-state index is 11.4. The molecule has 0 spiro atoms. The van der Waals surface area contributed by atoms with E-state index in [-0.39, 0.29) is 18.9 Å². The van der Waals surface area contributed by atoms with Crippen LogP contribution in [0.15, 0.2) is 5.38 Å². The zero-order chi connectivity index (χ0) is 12.8. The molecule has 1 atom stereocenters. The van der Waals surface area contributed by atoms with Crippen molar-refractivity contribution in [3.8, 4) is 0 Å². The highest BCUT2D eigenvalue weighted by Crippen LogP contribution is 2.11. The number of aliphatic hydroxyl groups excluding tert-OH is 1. The largest absolute Gasteiger partial charge is 0.467 e. The van der Waals surface area contributed by atoms with Crippen molar-refractivity contribution in [2.24, 2.45) is 0 Å². The molecule has 1 unspecified atom stereocenters. The standard InChI is InChI=1S/C9H13N3O4S/c1-16-8(15)6(13)3-11-7(14)2-5-4-17-9(10)12-5/h4,6,13H,2-3H2,1H3,(H2,10,12)(H,11,14). The summed E-state index contributed by atoms with van der Waals surface area (Å²) in [6.07, 6.45) is -1.30. The van der Waals surface area contributed by atoms with Gasteiger partial charge in [-0.15, -0.1) is 11.3 Å². The molecule has 7 nitrogen and oxygen atoms in total. The highest BCUT2D eigenvalue weighted by Gasteiger charge is 2.16. The maximum atomic E-state index is 11.4. The maximum Gasteiger partial charge on any atom is 0.336 e. The summed E-state index contributed by atoms with van der Waals surface area (Å²) >= 11 is 1.24. The molecule has 0 aliphatic rings. The van der Waals surface area contributed by atoms with Crippen LogP contribution in [0.4, 0.5) is 5.13 Å². The number of hydrogen-bond donors (Lipinski definition) is 3. The van der Waals surface area contributed by atoms with E-state index in [1.54, 1.807) is 5.38 Å². The molecule has 17 heavy (non-hydrogen) atoms. The van der Waals surface area contributed by atoms with E-state index in [0.29, 0.717) is 10.8 Å². The van der Waals surface area contributed by atoms with Crippen molar-refractivity contribution in [1.82, 2.24) is 10.3 Å². The SMILES string of the molecule is COC(=O)C(O)CNC(=O)Cc1csc(N)n1. The highest BCUT2D eigenvalue weighted by molar-refractivity contribution is 7.13. The lowest BCUT2D eigenvalue weighted by Gasteiger charge is -2.08. The van der Waals surface area contributed by atoms with Crippen molar-refractivity contribution >= 4 is 28.3 Å². The third-order valence-corrected chi connectivity index (χ3v) is 2.60. The molecule has 4 N–H and O–H groups in total. The van der Waals surface area contributed by atoms with Crippen molar-refractivity contribution in [2.75, 3.05) is 19.4 Å². The van der Waals surface area contributed by atoms with Gasteiger partial charge in [0.15, 0.2) is 11.2 Å². The van der Waals surface area contributed by atoms with Crippen molar-refractivity contribution in [1.29, 1.82) is 0 Å². The fraction of sp³-hybridized carbons (Fsp3) is 0.444. The van der Waals surface area contributed by atoms with Gasteiger partial charge in [-0.25, -0.2) is 9.78 Å². The van der Waals surface area contributed by atoms with E-state index in [0.717, 1.165) is 7.11 Å². The van der Waals surface area contributed by atoms with Gasteiger partial charge in [0.1, 0.15) is 0 Å². The summed E-state index contributed by atoms with van der Waals surface area (Å²) in [5.41, 5.74) is 5.96. The average molecular weight is 259 g/mol. The van der Waals surface area contributed by atoms with Gasteiger partial charge in [-0.3, -0.25) is 4.79 Å². The molecule has 0 aromatic carbocycles. The van der Waals surface area contributed by atoms with E-state index >= 15 is 0 Å². The minimum Gasteiger partial charge on any atom is -0.467 e.